The summed E-state index contributed by atoms with van der Waals surface area (Å²) < 4.78 is 24.9. The molecule has 10 heteroatoms. The number of benzene rings is 3. The van der Waals surface area contributed by atoms with E-state index >= 15 is 0 Å². The van der Waals surface area contributed by atoms with Gasteiger partial charge >= 0.3 is 5.97 Å². The van der Waals surface area contributed by atoms with Crippen molar-refractivity contribution in [3.63, 3.8) is 0 Å². The number of rotatable bonds is 6. The van der Waals surface area contributed by atoms with E-state index in [4.69, 9.17) is 23.9 Å². The molecule has 0 amide bonds. The van der Waals surface area contributed by atoms with Gasteiger partial charge in [0.05, 0.1) is 35.6 Å². The van der Waals surface area contributed by atoms with E-state index in [1.807, 2.05) is 54.6 Å². The third-order valence-electron chi connectivity index (χ3n) is 6.58. The van der Waals surface area contributed by atoms with Crippen molar-refractivity contribution in [3.8, 4) is 17.2 Å². The number of ether oxygens (including phenoxy) is 4. The maximum Gasteiger partial charge on any atom is 0.338 e. The molecule has 202 valence electrons. The summed E-state index contributed by atoms with van der Waals surface area (Å²) in [6, 6.07) is 19.6. The standard InChI is InChI=1S/C30H23BrN2O6S/c1-3-37-29(35)25-26(17-7-5-4-6-8-17)32-30-33(27(25)18-9-12-22-23(14-18)39-16-38-22)28(34)24(40-30)15-19-13-20(36-2)10-11-21(19)31/h4-15,27H,3,16H2,1-2H3/t27-/m0/s1. The number of thiazole rings is 1. The van der Waals surface area contributed by atoms with E-state index in [2.05, 4.69) is 15.9 Å². The number of hydrogen-bond donors (Lipinski definition) is 0. The number of methoxy groups -OCH3 is 1. The Hall–Kier alpha value is -4.15. The van der Waals surface area contributed by atoms with Crippen LogP contribution in [0.25, 0.3) is 11.8 Å². The molecule has 2 aliphatic heterocycles. The van der Waals surface area contributed by atoms with Crippen molar-refractivity contribution in [1.82, 2.24) is 4.57 Å². The molecule has 0 radical (unpaired) electrons. The maximum absolute atomic E-state index is 14.1. The Morgan fingerprint density at radius 1 is 1.12 bits per heavy atom. The zero-order chi connectivity index (χ0) is 27.8. The number of aromatic nitrogens is 1. The van der Waals surface area contributed by atoms with E-state index in [-0.39, 0.29) is 24.5 Å². The molecule has 3 heterocycles. The minimum absolute atomic E-state index is 0.104. The van der Waals surface area contributed by atoms with Crippen molar-refractivity contribution < 1.29 is 23.7 Å². The Bertz CT molecular complexity index is 1840. The molecule has 40 heavy (non-hydrogen) atoms. The molecule has 6 rings (SSSR count). The third-order valence-corrected chi connectivity index (χ3v) is 8.28. The zero-order valence-corrected chi connectivity index (χ0v) is 24.0. The summed E-state index contributed by atoms with van der Waals surface area (Å²) in [6.07, 6.45) is 1.80. The average molecular weight is 619 g/mol. The van der Waals surface area contributed by atoms with Gasteiger partial charge in [-0.25, -0.2) is 9.79 Å². The van der Waals surface area contributed by atoms with Gasteiger partial charge < -0.3 is 18.9 Å². The number of halogens is 1. The normalized spacial score (nSPS) is 16.0. The SMILES string of the molecule is CCOC(=O)C1=C(c2ccccc2)N=c2sc(=Cc3cc(OC)ccc3Br)c(=O)n2[C@H]1c1ccc2c(c1)OCO2. The second-order valence-corrected chi connectivity index (χ2v) is 10.8. The van der Waals surface area contributed by atoms with Gasteiger partial charge in [0.1, 0.15) is 5.75 Å². The smallest absolute Gasteiger partial charge is 0.338 e. The molecule has 0 fully saturated rings. The van der Waals surface area contributed by atoms with Crippen molar-refractivity contribution in [2.24, 2.45) is 4.99 Å². The predicted octanol–water partition coefficient (Wildman–Crippen LogP) is 4.44. The highest BCUT2D eigenvalue weighted by Crippen LogP contribution is 2.40. The molecule has 0 saturated heterocycles. The maximum atomic E-state index is 14.1. The second kappa shape index (κ2) is 10.8. The molecule has 0 spiro atoms. The van der Waals surface area contributed by atoms with Crippen LogP contribution in [0.2, 0.25) is 0 Å². The first-order valence-electron chi connectivity index (χ1n) is 12.5. The number of hydrogen-bond acceptors (Lipinski definition) is 8. The molecule has 0 saturated carbocycles. The Kier molecular flexibility index (Phi) is 7.03. The Morgan fingerprint density at radius 3 is 2.70 bits per heavy atom. The quantitative estimate of drug-likeness (QED) is 0.297. The van der Waals surface area contributed by atoms with Crippen LogP contribution >= 0.6 is 27.3 Å². The number of esters is 1. The van der Waals surface area contributed by atoms with E-state index in [1.165, 1.54) is 11.3 Å². The molecule has 0 bridgehead atoms. The van der Waals surface area contributed by atoms with Gasteiger partial charge in [0.2, 0.25) is 6.79 Å². The second-order valence-electron chi connectivity index (χ2n) is 8.93. The van der Waals surface area contributed by atoms with Gasteiger partial charge in [0.25, 0.3) is 5.56 Å². The molecular formula is C30H23BrN2O6S. The van der Waals surface area contributed by atoms with Crippen LogP contribution in [-0.4, -0.2) is 31.0 Å². The predicted molar refractivity (Wildman–Crippen MR) is 154 cm³/mol. The van der Waals surface area contributed by atoms with Crippen molar-refractivity contribution >= 4 is 45.0 Å². The molecule has 2 aliphatic rings. The Balaban J connectivity index is 1.65. The Morgan fingerprint density at radius 2 is 1.93 bits per heavy atom. The summed E-state index contributed by atoms with van der Waals surface area (Å²) in [7, 11) is 1.59. The monoisotopic (exact) mass is 618 g/mol. The molecule has 0 aliphatic carbocycles. The summed E-state index contributed by atoms with van der Waals surface area (Å²) >= 11 is 4.82. The molecule has 1 aromatic heterocycles. The molecular weight excluding hydrogens is 596 g/mol. The number of carbonyl (C=O) groups excluding carboxylic acids is 1. The van der Waals surface area contributed by atoms with Gasteiger partial charge in [-0.2, -0.15) is 0 Å². The zero-order valence-electron chi connectivity index (χ0n) is 21.5. The van der Waals surface area contributed by atoms with E-state index < -0.39 is 12.0 Å². The average Bonchev–Trinajstić information content (AvgIpc) is 3.57. The van der Waals surface area contributed by atoms with E-state index in [9.17, 15) is 9.59 Å². The summed E-state index contributed by atoms with van der Waals surface area (Å²) in [5, 5.41) is 0. The summed E-state index contributed by atoms with van der Waals surface area (Å²) in [5.74, 6) is 1.26. The van der Waals surface area contributed by atoms with Crippen LogP contribution < -0.4 is 29.1 Å². The van der Waals surface area contributed by atoms with Gasteiger partial charge in [-0.1, -0.05) is 63.7 Å². The number of carbonyl (C=O) groups is 1. The fraction of sp³-hybridized carbons (Fsp3) is 0.167. The highest BCUT2D eigenvalue weighted by molar-refractivity contribution is 9.10. The fourth-order valence-electron chi connectivity index (χ4n) is 4.74. The minimum atomic E-state index is -0.809. The number of fused-ring (bicyclic) bond motifs is 2. The lowest BCUT2D eigenvalue weighted by Gasteiger charge is -2.26. The third kappa shape index (κ3) is 4.63. The summed E-state index contributed by atoms with van der Waals surface area (Å²) in [4.78, 5) is 33.0. The summed E-state index contributed by atoms with van der Waals surface area (Å²) in [5.41, 5.74) is 2.63. The van der Waals surface area contributed by atoms with Crippen molar-refractivity contribution in [1.29, 1.82) is 0 Å². The van der Waals surface area contributed by atoms with Crippen molar-refractivity contribution in [3.05, 3.63) is 113 Å². The number of nitrogens with zero attached hydrogens (tertiary/aromatic N) is 2. The first-order chi connectivity index (χ1) is 19.5. The molecule has 0 unspecified atom stereocenters. The van der Waals surface area contributed by atoms with Crippen LogP contribution in [0.1, 0.15) is 29.7 Å². The van der Waals surface area contributed by atoms with E-state index in [0.717, 1.165) is 15.6 Å². The van der Waals surface area contributed by atoms with Crippen LogP contribution in [0.5, 0.6) is 17.2 Å². The van der Waals surface area contributed by atoms with Gasteiger partial charge in [0.15, 0.2) is 16.3 Å². The van der Waals surface area contributed by atoms with Crippen LogP contribution in [0, 0.1) is 0 Å². The minimum Gasteiger partial charge on any atom is -0.497 e. The molecule has 0 N–H and O–H groups in total. The van der Waals surface area contributed by atoms with E-state index in [0.29, 0.717) is 37.8 Å². The molecule has 1 atom stereocenters. The summed E-state index contributed by atoms with van der Waals surface area (Å²) in [6.45, 7) is 2.02. The van der Waals surface area contributed by atoms with Crippen molar-refractivity contribution in [2.75, 3.05) is 20.5 Å². The highest BCUT2D eigenvalue weighted by atomic mass is 79.9. The Labute approximate surface area is 241 Å². The van der Waals surface area contributed by atoms with Crippen LogP contribution in [-0.2, 0) is 9.53 Å². The largest absolute Gasteiger partial charge is 0.497 e. The van der Waals surface area contributed by atoms with Gasteiger partial charge in [0, 0.05) is 10.0 Å². The lowest BCUT2D eigenvalue weighted by Crippen LogP contribution is -2.40. The van der Waals surface area contributed by atoms with Crippen molar-refractivity contribution in [2.45, 2.75) is 13.0 Å². The lowest BCUT2D eigenvalue weighted by molar-refractivity contribution is -0.138. The molecule has 3 aromatic carbocycles. The topological polar surface area (TPSA) is 88.4 Å². The molecule has 8 nitrogen and oxygen atoms in total. The highest BCUT2D eigenvalue weighted by Gasteiger charge is 2.36. The molecule has 4 aromatic rings. The van der Waals surface area contributed by atoms with Gasteiger partial charge in [-0.3, -0.25) is 9.36 Å². The van der Waals surface area contributed by atoms with Gasteiger partial charge in [-0.05, 0) is 54.5 Å². The first kappa shape index (κ1) is 26.1. The lowest BCUT2D eigenvalue weighted by atomic mass is 9.93. The van der Waals surface area contributed by atoms with E-state index in [1.54, 1.807) is 36.8 Å². The van der Waals surface area contributed by atoms with Gasteiger partial charge in [-0.15, -0.1) is 0 Å². The van der Waals surface area contributed by atoms with Crippen LogP contribution in [0.3, 0.4) is 0 Å². The fourth-order valence-corrected chi connectivity index (χ4v) is 6.09. The van der Waals surface area contributed by atoms with Crippen LogP contribution in [0.4, 0.5) is 0 Å². The first-order valence-corrected chi connectivity index (χ1v) is 14.1. The van der Waals surface area contributed by atoms with Crippen LogP contribution in [0.15, 0.2) is 86.6 Å².